The van der Waals surface area contributed by atoms with Crippen molar-refractivity contribution >= 4 is 33.7 Å². The number of furan rings is 1. The SMILES string of the molecule is Cc1cc(=O)c2c(O)c3ccoc3c(OCC(=O)Nc3ccccn3)c2o1. The summed E-state index contributed by atoms with van der Waals surface area (Å²) in [4.78, 5) is 28.5. The first-order valence-electron chi connectivity index (χ1n) is 8.05. The van der Waals surface area contributed by atoms with Crippen LogP contribution in [0.4, 0.5) is 5.82 Å². The van der Waals surface area contributed by atoms with E-state index >= 15 is 0 Å². The van der Waals surface area contributed by atoms with E-state index in [1.165, 1.54) is 18.4 Å². The van der Waals surface area contributed by atoms with Gasteiger partial charge in [-0.3, -0.25) is 9.59 Å². The van der Waals surface area contributed by atoms with Crippen LogP contribution < -0.4 is 15.5 Å². The molecule has 0 spiro atoms. The Hall–Kier alpha value is -3.81. The third kappa shape index (κ3) is 2.97. The van der Waals surface area contributed by atoms with Crippen LogP contribution in [0.5, 0.6) is 11.5 Å². The lowest BCUT2D eigenvalue weighted by atomic mass is 10.1. The van der Waals surface area contributed by atoms with Gasteiger partial charge in [0, 0.05) is 12.3 Å². The number of carbonyl (C=O) groups excluding carboxylic acids is 1. The van der Waals surface area contributed by atoms with Crippen LogP contribution in [0.15, 0.2) is 56.4 Å². The number of phenols is 1. The first kappa shape index (κ1) is 16.6. The van der Waals surface area contributed by atoms with Crippen molar-refractivity contribution in [2.24, 2.45) is 0 Å². The third-order valence-electron chi connectivity index (χ3n) is 3.92. The molecule has 0 unspecified atom stereocenters. The number of pyridine rings is 1. The van der Waals surface area contributed by atoms with Gasteiger partial charge in [0.2, 0.25) is 5.75 Å². The number of aromatic hydroxyl groups is 1. The largest absolute Gasteiger partial charge is 0.506 e. The number of benzene rings is 1. The van der Waals surface area contributed by atoms with Gasteiger partial charge in [0.05, 0.1) is 11.6 Å². The van der Waals surface area contributed by atoms with Gasteiger partial charge in [-0.1, -0.05) is 6.07 Å². The fraction of sp³-hybridized carbons (Fsp3) is 0.105. The molecule has 136 valence electrons. The smallest absolute Gasteiger partial charge is 0.263 e. The molecule has 3 heterocycles. The number of fused-ring (bicyclic) bond motifs is 2. The molecule has 0 fully saturated rings. The molecule has 0 saturated heterocycles. The first-order chi connectivity index (χ1) is 13.0. The van der Waals surface area contributed by atoms with E-state index in [0.29, 0.717) is 17.0 Å². The lowest BCUT2D eigenvalue weighted by molar-refractivity contribution is -0.118. The molecule has 2 N–H and O–H groups in total. The summed E-state index contributed by atoms with van der Waals surface area (Å²) in [5, 5.41) is 13.3. The van der Waals surface area contributed by atoms with Crippen LogP contribution in [-0.2, 0) is 4.79 Å². The molecule has 0 aliphatic rings. The van der Waals surface area contributed by atoms with Crippen molar-refractivity contribution in [2.45, 2.75) is 6.92 Å². The average molecular weight is 366 g/mol. The van der Waals surface area contributed by atoms with Crippen LogP contribution in [0.2, 0.25) is 0 Å². The van der Waals surface area contributed by atoms with Crippen LogP contribution in [0, 0.1) is 6.92 Å². The molecule has 0 radical (unpaired) electrons. The maximum Gasteiger partial charge on any atom is 0.263 e. The second kappa shape index (κ2) is 6.49. The van der Waals surface area contributed by atoms with Crippen molar-refractivity contribution in [3.05, 3.63) is 58.8 Å². The van der Waals surface area contributed by atoms with Gasteiger partial charge in [-0.05, 0) is 25.1 Å². The Morgan fingerprint density at radius 1 is 1.30 bits per heavy atom. The molecule has 0 saturated carbocycles. The molecule has 4 rings (SSSR count). The van der Waals surface area contributed by atoms with Crippen molar-refractivity contribution in [2.75, 3.05) is 11.9 Å². The molecule has 0 atom stereocenters. The third-order valence-corrected chi connectivity index (χ3v) is 3.92. The number of nitrogens with one attached hydrogen (secondary N) is 1. The Balaban J connectivity index is 1.74. The van der Waals surface area contributed by atoms with Crippen molar-refractivity contribution in [1.29, 1.82) is 0 Å². The summed E-state index contributed by atoms with van der Waals surface area (Å²) in [5.74, 6) is 0.0740. The van der Waals surface area contributed by atoms with E-state index in [0.717, 1.165) is 0 Å². The molecule has 1 amide bonds. The molecule has 4 aromatic rings. The maximum atomic E-state index is 12.3. The van der Waals surface area contributed by atoms with Crippen molar-refractivity contribution in [1.82, 2.24) is 4.98 Å². The summed E-state index contributed by atoms with van der Waals surface area (Å²) in [6, 6.07) is 7.88. The fourth-order valence-corrected chi connectivity index (χ4v) is 2.79. The second-order valence-corrected chi connectivity index (χ2v) is 5.82. The quantitative estimate of drug-likeness (QED) is 0.570. The predicted molar refractivity (Wildman–Crippen MR) is 97.0 cm³/mol. The van der Waals surface area contributed by atoms with Gasteiger partial charge in [0.1, 0.15) is 22.7 Å². The van der Waals surface area contributed by atoms with Gasteiger partial charge < -0.3 is 24.0 Å². The van der Waals surface area contributed by atoms with E-state index in [4.69, 9.17) is 13.6 Å². The molecular weight excluding hydrogens is 352 g/mol. The number of aromatic nitrogens is 1. The second-order valence-electron chi connectivity index (χ2n) is 5.82. The Labute approximate surface area is 152 Å². The van der Waals surface area contributed by atoms with Crippen LogP contribution in [0.1, 0.15) is 5.76 Å². The van der Waals surface area contributed by atoms with Crippen LogP contribution in [0.25, 0.3) is 21.9 Å². The summed E-state index contributed by atoms with van der Waals surface area (Å²) in [6.07, 6.45) is 2.90. The number of anilines is 1. The summed E-state index contributed by atoms with van der Waals surface area (Å²) < 4.78 is 16.6. The van der Waals surface area contributed by atoms with Crippen molar-refractivity contribution in [3.63, 3.8) is 0 Å². The van der Waals surface area contributed by atoms with E-state index in [1.54, 1.807) is 31.3 Å². The highest BCUT2D eigenvalue weighted by molar-refractivity contribution is 6.06. The lowest BCUT2D eigenvalue weighted by Gasteiger charge is -2.11. The number of hydrogen-bond acceptors (Lipinski definition) is 7. The summed E-state index contributed by atoms with van der Waals surface area (Å²) >= 11 is 0. The molecule has 3 aromatic heterocycles. The number of phenolic OH excluding ortho intramolecular Hbond substituents is 1. The minimum absolute atomic E-state index is 0.0191. The highest BCUT2D eigenvalue weighted by Gasteiger charge is 2.22. The molecule has 8 nitrogen and oxygen atoms in total. The van der Waals surface area contributed by atoms with E-state index in [2.05, 4.69) is 10.3 Å². The molecule has 0 aliphatic heterocycles. The number of ether oxygens (including phenoxy) is 1. The Morgan fingerprint density at radius 3 is 2.93 bits per heavy atom. The number of nitrogens with zero attached hydrogens (tertiary/aromatic N) is 1. The topological polar surface area (TPSA) is 115 Å². The van der Waals surface area contributed by atoms with Crippen LogP contribution in [0.3, 0.4) is 0 Å². The molecule has 8 heteroatoms. The van der Waals surface area contributed by atoms with Crippen LogP contribution >= 0.6 is 0 Å². The summed E-state index contributed by atoms with van der Waals surface area (Å²) in [6.45, 7) is 1.23. The van der Waals surface area contributed by atoms with Gasteiger partial charge in [-0.25, -0.2) is 4.98 Å². The molecule has 0 aliphatic carbocycles. The van der Waals surface area contributed by atoms with Gasteiger partial charge in [-0.15, -0.1) is 0 Å². The Morgan fingerprint density at radius 2 is 2.15 bits per heavy atom. The Bertz CT molecular complexity index is 1210. The first-order valence-corrected chi connectivity index (χ1v) is 8.05. The van der Waals surface area contributed by atoms with Crippen molar-refractivity contribution in [3.8, 4) is 11.5 Å². The normalized spacial score (nSPS) is 11.0. The zero-order valence-electron chi connectivity index (χ0n) is 14.2. The standard InChI is InChI=1S/C19H14N2O6/c1-10-8-12(22)15-16(24)11-5-7-25-17(11)19(18(15)27-10)26-9-14(23)21-13-4-2-3-6-20-13/h2-8,24H,9H2,1H3,(H,20,21,23). The number of carbonyl (C=O) groups is 1. The lowest BCUT2D eigenvalue weighted by Crippen LogP contribution is -2.21. The monoisotopic (exact) mass is 366 g/mol. The van der Waals surface area contributed by atoms with Gasteiger partial charge in [0.15, 0.2) is 23.2 Å². The number of hydrogen-bond donors (Lipinski definition) is 2. The van der Waals surface area contributed by atoms with Gasteiger partial charge >= 0.3 is 0 Å². The minimum atomic E-state index is -0.454. The highest BCUT2D eigenvalue weighted by atomic mass is 16.5. The van der Waals surface area contributed by atoms with E-state index in [1.807, 2.05) is 0 Å². The number of amides is 1. The van der Waals surface area contributed by atoms with E-state index in [-0.39, 0.29) is 34.7 Å². The fourth-order valence-electron chi connectivity index (χ4n) is 2.79. The molecule has 27 heavy (non-hydrogen) atoms. The van der Waals surface area contributed by atoms with Crippen molar-refractivity contribution < 1.29 is 23.5 Å². The van der Waals surface area contributed by atoms with Gasteiger partial charge in [0.25, 0.3) is 5.91 Å². The Kier molecular flexibility index (Phi) is 4.00. The maximum absolute atomic E-state index is 12.3. The molecular formula is C19H14N2O6. The molecule has 1 aromatic carbocycles. The zero-order chi connectivity index (χ0) is 19.0. The zero-order valence-corrected chi connectivity index (χ0v) is 14.2. The van der Waals surface area contributed by atoms with E-state index < -0.39 is 11.3 Å². The number of rotatable bonds is 4. The van der Waals surface area contributed by atoms with Gasteiger partial charge in [-0.2, -0.15) is 0 Å². The summed E-state index contributed by atoms with van der Waals surface area (Å²) in [7, 11) is 0. The van der Waals surface area contributed by atoms with Crippen LogP contribution in [-0.4, -0.2) is 22.6 Å². The average Bonchev–Trinajstić information content (AvgIpc) is 3.12. The summed E-state index contributed by atoms with van der Waals surface area (Å²) in [5.41, 5.74) is -0.220. The minimum Gasteiger partial charge on any atom is -0.506 e. The highest BCUT2D eigenvalue weighted by Crippen LogP contribution is 2.41. The van der Waals surface area contributed by atoms with E-state index in [9.17, 15) is 14.7 Å². The number of aryl methyl sites for hydroxylation is 1. The molecule has 0 bridgehead atoms. The predicted octanol–water partition coefficient (Wildman–Crippen LogP) is 2.97.